The highest BCUT2D eigenvalue weighted by molar-refractivity contribution is 5.36. The second-order valence-electron chi connectivity index (χ2n) is 3.17. The van der Waals surface area contributed by atoms with Crippen molar-refractivity contribution in [3.8, 4) is 5.75 Å². The lowest BCUT2D eigenvalue weighted by atomic mass is 10.1. The minimum Gasteiger partial charge on any atom is -0.496 e. The molecule has 0 bridgehead atoms. The highest BCUT2D eigenvalue weighted by atomic mass is 19.1. The molecule has 0 saturated carbocycles. The third-order valence-electron chi connectivity index (χ3n) is 2.16. The van der Waals surface area contributed by atoms with E-state index in [1.54, 1.807) is 13.2 Å². The summed E-state index contributed by atoms with van der Waals surface area (Å²) in [6.45, 7) is 0.177. The highest BCUT2D eigenvalue weighted by Crippen LogP contribution is 2.21. The fourth-order valence-corrected chi connectivity index (χ4v) is 1.40. The van der Waals surface area contributed by atoms with Crippen LogP contribution in [0.4, 0.5) is 4.39 Å². The number of alkyl halides is 1. The monoisotopic (exact) mass is 197 g/mol. The maximum absolute atomic E-state index is 12.6. The molecule has 0 amide bonds. The van der Waals surface area contributed by atoms with E-state index in [2.05, 4.69) is 0 Å². The van der Waals surface area contributed by atoms with Crippen LogP contribution in [-0.4, -0.2) is 13.7 Å². The number of nitrogens with two attached hydrogens (primary N) is 1. The maximum atomic E-state index is 12.6. The second kappa shape index (κ2) is 5.60. The van der Waals surface area contributed by atoms with E-state index in [1.807, 2.05) is 12.1 Å². The molecule has 0 radical (unpaired) electrons. The smallest absolute Gasteiger partial charge is 0.124 e. The van der Waals surface area contributed by atoms with Gasteiger partial charge in [-0.15, -0.1) is 0 Å². The molecule has 0 saturated heterocycles. The predicted octanol–water partition coefficient (Wildman–Crippen LogP) is 2.06. The van der Waals surface area contributed by atoms with Crippen molar-refractivity contribution in [1.29, 1.82) is 0 Å². The first-order chi connectivity index (χ1) is 6.81. The minimum atomic E-state index is -0.486. The summed E-state index contributed by atoms with van der Waals surface area (Å²) in [6.07, 6.45) is 1.82. The summed E-state index contributed by atoms with van der Waals surface area (Å²) in [7, 11) is 1.55. The lowest BCUT2D eigenvalue weighted by molar-refractivity contribution is 0.394. The van der Waals surface area contributed by atoms with E-state index in [0.717, 1.165) is 18.4 Å². The normalized spacial score (nSPS) is 10.2. The van der Waals surface area contributed by atoms with Gasteiger partial charge in [-0.3, -0.25) is 0 Å². The van der Waals surface area contributed by atoms with Crippen molar-refractivity contribution in [2.45, 2.75) is 19.5 Å². The van der Waals surface area contributed by atoms with Crippen LogP contribution in [0.1, 0.15) is 17.5 Å². The molecule has 2 N–H and O–H groups in total. The van der Waals surface area contributed by atoms with Crippen LogP contribution >= 0.6 is 0 Å². The van der Waals surface area contributed by atoms with Gasteiger partial charge in [0.05, 0.1) is 7.11 Å². The zero-order valence-corrected chi connectivity index (χ0v) is 8.42. The lowest BCUT2D eigenvalue weighted by Gasteiger charge is -2.07. The maximum Gasteiger partial charge on any atom is 0.124 e. The fourth-order valence-electron chi connectivity index (χ4n) is 1.40. The van der Waals surface area contributed by atoms with E-state index in [0.29, 0.717) is 17.9 Å². The van der Waals surface area contributed by atoms with Gasteiger partial charge in [0, 0.05) is 5.56 Å². The molecule has 1 aromatic carbocycles. The molecule has 1 rings (SSSR count). The number of rotatable bonds is 5. The van der Waals surface area contributed by atoms with Crippen molar-refractivity contribution in [3.05, 3.63) is 29.3 Å². The van der Waals surface area contributed by atoms with Gasteiger partial charge in [-0.1, -0.05) is 6.07 Å². The van der Waals surface area contributed by atoms with Gasteiger partial charge in [0.2, 0.25) is 0 Å². The summed E-state index contributed by atoms with van der Waals surface area (Å²) in [5, 5.41) is 0. The number of aryl methyl sites for hydroxylation is 1. The van der Waals surface area contributed by atoms with E-state index < -0.39 is 6.67 Å². The molecule has 0 heterocycles. The molecule has 0 unspecified atom stereocenters. The van der Waals surface area contributed by atoms with Crippen molar-refractivity contribution >= 4 is 0 Å². The van der Waals surface area contributed by atoms with Gasteiger partial charge in [0.15, 0.2) is 0 Å². The predicted molar refractivity (Wildman–Crippen MR) is 55.2 cm³/mol. The Hall–Kier alpha value is -1.09. The van der Waals surface area contributed by atoms with E-state index >= 15 is 0 Å². The molecule has 0 fully saturated rings. The third kappa shape index (κ3) is 2.70. The van der Waals surface area contributed by atoms with Crippen molar-refractivity contribution in [3.63, 3.8) is 0 Å². The second-order valence-corrected chi connectivity index (χ2v) is 3.17. The number of ether oxygens (including phenoxy) is 1. The Kier molecular flexibility index (Phi) is 4.40. The van der Waals surface area contributed by atoms with Crippen molar-refractivity contribution in [2.75, 3.05) is 13.7 Å². The van der Waals surface area contributed by atoms with Gasteiger partial charge in [0.1, 0.15) is 12.4 Å². The van der Waals surface area contributed by atoms with Crippen LogP contribution in [0, 0.1) is 0 Å². The molecule has 14 heavy (non-hydrogen) atoms. The molecule has 0 aromatic heterocycles. The van der Waals surface area contributed by atoms with E-state index in [1.165, 1.54) is 0 Å². The van der Waals surface area contributed by atoms with Gasteiger partial charge in [-0.25, -0.2) is 4.39 Å². The number of halogens is 1. The molecule has 2 nitrogen and oxygen atoms in total. The Morgan fingerprint density at radius 2 is 2.21 bits per heavy atom. The topological polar surface area (TPSA) is 35.2 Å². The first-order valence-electron chi connectivity index (χ1n) is 4.73. The van der Waals surface area contributed by atoms with E-state index in [4.69, 9.17) is 10.5 Å². The minimum absolute atomic E-state index is 0.486. The Labute approximate surface area is 83.9 Å². The van der Waals surface area contributed by atoms with Gasteiger partial charge in [-0.2, -0.15) is 0 Å². The average molecular weight is 197 g/mol. The van der Waals surface area contributed by atoms with Crippen LogP contribution < -0.4 is 10.5 Å². The SMILES string of the molecule is COc1ccc(CCCN)cc1CF. The van der Waals surface area contributed by atoms with E-state index in [9.17, 15) is 4.39 Å². The molecule has 78 valence electrons. The number of hydrogen-bond acceptors (Lipinski definition) is 2. The average Bonchev–Trinajstić information content (AvgIpc) is 2.25. The van der Waals surface area contributed by atoms with Gasteiger partial charge >= 0.3 is 0 Å². The van der Waals surface area contributed by atoms with Crippen LogP contribution in [0.15, 0.2) is 18.2 Å². The van der Waals surface area contributed by atoms with Crippen LogP contribution in [-0.2, 0) is 13.1 Å². The van der Waals surface area contributed by atoms with Gasteiger partial charge in [-0.05, 0) is 37.1 Å². The number of benzene rings is 1. The van der Waals surface area contributed by atoms with Crippen LogP contribution in [0.5, 0.6) is 5.75 Å². The lowest BCUT2D eigenvalue weighted by Crippen LogP contribution is -2.01. The molecule has 0 spiro atoms. The van der Waals surface area contributed by atoms with Crippen molar-refractivity contribution < 1.29 is 9.13 Å². The summed E-state index contributed by atoms with van der Waals surface area (Å²) in [5.74, 6) is 0.615. The molecular weight excluding hydrogens is 181 g/mol. The Bertz CT molecular complexity index is 289. The molecule has 0 aliphatic rings. The van der Waals surface area contributed by atoms with E-state index in [-0.39, 0.29) is 0 Å². The van der Waals surface area contributed by atoms with Crippen molar-refractivity contribution in [2.24, 2.45) is 5.73 Å². The molecule has 0 aliphatic heterocycles. The zero-order valence-electron chi connectivity index (χ0n) is 8.42. The Balaban J connectivity index is 2.79. The zero-order chi connectivity index (χ0) is 10.4. The van der Waals surface area contributed by atoms with Crippen molar-refractivity contribution in [1.82, 2.24) is 0 Å². The van der Waals surface area contributed by atoms with Crippen LogP contribution in [0.2, 0.25) is 0 Å². The third-order valence-corrected chi connectivity index (χ3v) is 2.16. The number of methoxy groups -OCH3 is 1. The van der Waals surface area contributed by atoms with Crippen LogP contribution in [0.3, 0.4) is 0 Å². The quantitative estimate of drug-likeness (QED) is 0.784. The first kappa shape index (κ1) is 11.0. The standard InChI is InChI=1S/C11H16FNO/c1-14-11-5-4-9(3-2-6-13)7-10(11)8-12/h4-5,7H,2-3,6,8,13H2,1H3. The van der Waals surface area contributed by atoms with Gasteiger partial charge in [0.25, 0.3) is 0 Å². The first-order valence-corrected chi connectivity index (χ1v) is 4.73. The number of hydrogen-bond donors (Lipinski definition) is 1. The largest absolute Gasteiger partial charge is 0.496 e. The molecule has 0 aliphatic carbocycles. The summed E-state index contributed by atoms with van der Waals surface area (Å²) in [6, 6.07) is 5.60. The molecule has 1 aromatic rings. The Morgan fingerprint density at radius 3 is 2.79 bits per heavy atom. The van der Waals surface area contributed by atoms with Crippen LogP contribution in [0.25, 0.3) is 0 Å². The summed E-state index contributed by atoms with van der Waals surface area (Å²) < 4.78 is 17.6. The summed E-state index contributed by atoms with van der Waals surface area (Å²) in [4.78, 5) is 0. The Morgan fingerprint density at radius 1 is 1.43 bits per heavy atom. The molecule has 3 heteroatoms. The fraction of sp³-hybridized carbons (Fsp3) is 0.455. The molecule has 0 atom stereocenters. The summed E-state index contributed by atoms with van der Waals surface area (Å²) in [5.41, 5.74) is 7.13. The summed E-state index contributed by atoms with van der Waals surface area (Å²) >= 11 is 0. The molecular formula is C11H16FNO. The van der Waals surface area contributed by atoms with Gasteiger partial charge < -0.3 is 10.5 Å². The highest BCUT2D eigenvalue weighted by Gasteiger charge is 2.03.